The number of halogens is 1. The number of hydrogen-bond donors (Lipinski definition) is 1. The molecule has 0 spiro atoms. The van der Waals surface area contributed by atoms with Gasteiger partial charge in [-0.2, -0.15) is 0 Å². The van der Waals surface area contributed by atoms with Gasteiger partial charge in [0.2, 0.25) is 0 Å². The van der Waals surface area contributed by atoms with Crippen LogP contribution in [0.1, 0.15) is 32.8 Å². The number of nitrogens with one attached hydrogen (secondary N) is 1. The average Bonchev–Trinajstić information content (AvgIpc) is 3.24. The van der Waals surface area contributed by atoms with Crippen LogP contribution in [0.2, 0.25) is 0 Å². The standard InChI is InChI=1S/C23H38FN5O/c1-4-25-23(29-10-9-20(17-29)18-30-6-3)26-16-19-7-8-22(21(24)15-19)28-13-11-27(5-2)12-14-28/h7-8,15,20H,4-6,9-14,16-18H2,1-3H3,(H,25,26). The maximum absolute atomic E-state index is 14.8. The molecule has 0 bridgehead atoms. The van der Waals surface area contributed by atoms with Gasteiger partial charge in [0.05, 0.1) is 18.8 Å². The summed E-state index contributed by atoms with van der Waals surface area (Å²) in [5.41, 5.74) is 1.62. The van der Waals surface area contributed by atoms with Gasteiger partial charge in [-0.05, 0) is 44.5 Å². The van der Waals surface area contributed by atoms with Gasteiger partial charge >= 0.3 is 0 Å². The van der Waals surface area contributed by atoms with Crippen LogP contribution >= 0.6 is 0 Å². The molecule has 1 unspecified atom stereocenters. The molecule has 6 nitrogen and oxygen atoms in total. The van der Waals surface area contributed by atoms with Crippen molar-refractivity contribution in [3.05, 3.63) is 29.6 Å². The Hall–Kier alpha value is -1.86. The number of likely N-dealkylation sites (N-methyl/N-ethyl adjacent to an activating group) is 1. The number of hydrogen-bond acceptors (Lipinski definition) is 4. The highest BCUT2D eigenvalue weighted by molar-refractivity contribution is 5.80. The Morgan fingerprint density at radius 3 is 2.63 bits per heavy atom. The third-order valence-corrected chi connectivity index (χ3v) is 6.06. The first-order valence-electron chi connectivity index (χ1n) is 11.5. The van der Waals surface area contributed by atoms with Crippen LogP contribution < -0.4 is 10.2 Å². The molecule has 2 aliphatic rings. The Balaban J connectivity index is 1.60. The maximum Gasteiger partial charge on any atom is 0.194 e. The van der Waals surface area contributed by atoms with Crippen LogP contribution in [-0.2, 0) is 11.3 Å². The molecule has 1 atom stereocenters. The fraction of sp³-hybridized carbons (Fsp3) is 0.696. The molecule has 0 radical (unpaired) electrons. The van der Waals surface area contributed by atoms with Crippen molar-refractivity contribution in [3.63, 3.8) is 0 Å². The second-order valence-corrected chi connectivity index (χ2v) is 8.14. The molecule has 0 aliphatic carbocycles. The van der Waals surface area contributed by atoms with Crippen molar-refractivity contribution in [2.75, 3.05) is 70.5 Å². The lowest BCUT2D eigenvalue weighted by molar-refractivity contribution is 0.114. The molecular weight excluding hydrogens is 381 g/mol. The summed E-state index contributed by atoms with van der Waals surface area (Å²) in [6.07, 6.45) is 1.12. The Kier molecular flexibility index (Phi) is 8.75. The molecule has 0 amide bonds. The largest absolute Gasteiger partial charge is 0.381 e. The zero-order valence-electron chi connectivity index (χ0n) is 18.9. The highest BCUT2D eigenvalue weighted by Crippen LogP contribution is 2.23. The molecule has 1 aromatic rings. The van der Waals surface area contributed by atoms with E-state index in [-0.39, 0.29) is 5.82 Å². The van der Waals surface area contributed by atoms with Gasteiger partial charge in [0, 0.05) is 58.3 Å². The number of piperazine rings is 1. The number of anilines is 1. The van der Waals surface area contributed by atoms with Crippen LogP contribution in [0.15, 0.2) is 23.2 Å². The highest BCUT2D eigenvalue weighted by Gasteiger charge is 2.25. The van der Waals surface area contributed by atoms with Gasteiger partial charge in [-0.15, -0.1) is 0 Å². The van der Waals surface area contributed by atoms with Crippen LogP contribution in [0.5, 0.6) is 0 Å². The van der Waals surface area contributed by atoms with E-state index in [1.807, 2.05) is 19.1 Å². The molecule has 7 heteroatoms. The first-order valence-corrected chi connectivity index (χ1v) is 11.5. The summed E-state index contributed by atoms with van der Waals surface area (Å²) < 4.78 is 20.4. The van der Waals surface area contributed by atoms with Crippen molar-refractivity contribution in [1.82, 2.24) is 15.1 Å². The van der Waals surface area contributed by atoms with Crippen molar-refractivity contribution in [2.45, 2.75) is 33.7 Å². The number of aliphatic imine (C=N–C) groups is 1. The summed E-state index contributed by atoms with van der Waals surface area (Å²) >= 11 is 0. The smallest absolute Gasteiger partial charge is 0.194 e. The van der Waals surface area contributed by atoms with Gasteiger partial charge in [-0.3, -0.25) is 0 Å². The summed E-state index contributed by atoms with van der Waals surface area (Å²) in [6.45, 7) is 15.9. The van der Waals surface area contributed by atoms with Gasteiger partial charge in [0.15, 0.2) is 5.96 Å². The summed E-state index contributed by atoms with van der Waals surface area (Å²) in [7, 11) is 0. The zero-order valence-corrected chi connectivity index (χ0v) is 18.9. The fourth-order valence-corrected chi connectivity index (χ4v) is 4.25. The average molecular weight is 420 g/mol. The number of nitrogens with zero attached hydrogens (tertiary/aromatic N) is 4. The minimum atomic E-state index is -0.143. The van der Waals surface area contributed by atoms with Crippen LogP contribution in [0, 0.1) is 11.7 Å². The van der Waals surface area contributed by atoms with Gasteiger partial charge < -0.3 is 24.8 Å². The summed E-state index contributed by atoms with van der Waals surface area (Å²) in [6, 6.07) is 5.58. The molecule has 2 aliphatic heterocycles. The van der Waals surface area contributed by atoms with Gasteiger partial charge in [-0.1, -0.05) is 13.0 Å². The van der Waals surface area contributed by atoms with E-state index in [1.54, 1.807) is 6.07 Å². The second-order valence-electron chi connectivity index (χ2n) is 8.14. The molecule has 1 N–H and O–H groups in total. The topological polar surface area (TPSA) is 43.3 Å². The number of guanidine groups is 1. The second kappa shape index (κ2) is 11.5. The SMILES string of the molecule is CCNC(=NCc1ccc(N2CCN(CC)CC2)c(F)c1)N1CCC(COCC)C1. The monoisotopic (exact) mass is 419 g/mol. The lowest BCUT2D eigenvalue weighted by Crippen LogP contribution is -2.46. The lowest BCUT2D eigenvalue weighted by Gasteiger charge is -2.35. The normalized spacial score (nSPS) is 20.8. The number of benzene rings is 1. The first-order chi connectivity index (χ1) is 14.6. The van der Waals surface area contributed by atoms with Crippen LogP contribution in [-0.4, -0.2) is 81.3 Å². The maximum atomic E-state index is 14.8. The summed E-state index contributed by atoms with van der Waals surface area (Å²) in [4.78, 5) is 11.6. The van der Waals surface area contributed by atoms with E-state index < -0.39 is 0 Å². The molecule has 0 saturated carbocycles. The van der Waals surface area contributed by atoms with Crippen molar-refractivity contribution < 1.29 is 9.13 Å². The molecule has 2 heterocycles. The molecular formula is C23H38FN5O. The molecule has 168 valence electrons. The minimum absolute atomic E-state index is 0.143. The molecule has 1 aromatic carbocycles. The van der Waals surface area contributed by atoms with E-state index in [4.69, 9.17) is 9.73 Å². The van der Waals surface area contributed by atoms with E-state index in [0.717, 1.165) is 83.5 Å². The van der Waals surface area contributed by atoms with Gasteiger partial charge in [0.25, 0.3) is 0 Å². The highest BCUT2D eigenvalue weighted by atomic mass is 19.1. The number of likely N-dealkylation sites (tertiary alicyclic amines) is 1. The predicted molar refractivity (Wildman–Crippen MR) is 122 cm³/mol. The Labute approximate surface area is 181 Å². The Morgan fingerprint density at radius 1 is 1.17 bits per heavy atom. The van der Waals surface area contributed by atoms with Crippen LogP contribution in [0.3, 0.4) is 0 Å². The third kappa shape index (κ3) is 6.08. The first kappa shape index (κ1) is 22.8. The quantitative estimate of drug-likeness (QED) is 0.519. The minimum Gasteiger partial charge on any atom is -0.381 e. The van der Waals surface area contributed by atoms with E-state index in [1.165, 1.54) is 0 Å². The van der Waals surface area contributed by atoms with E-state index in [9.17, 15) is 4.39 Å². The fourth-order valence-electron chi connectivity index (χ4n) is 4.25. The van der Waals surface area contributed by atoms with Gasteiger partial charge in [0.1, 0.15) is 5.82 Å². The molecule has 2 saturated heterocycles. The molecule has 0 aromatic heterocycles. The van der Waals surface area contributed by atoms with Crippen LogP contribution in [0.25, 0.3) is 0 Å². The summed E-state index contributed by atoms with van der Waals surface area (Å²) in [5.74, 6) is 1.32. The molecule has 2 fully saturated rings. The Morgan fingerprint density at radius 2 is 1.97 bits per heavy atom. The van der Waals surface area contributed by atoms with E-state index in [2.05, 4.69) is 33.9 Å². The third-order valence-electron chi connectivity index (χ3n) is 6.06. The molecule has 3 rings (SSSR count). The Bertz CT molecular complexity index is 690. The molecule has 30 heavy (non-hydrogen) atoms. The van der Waals surface area contributed by atoms with Crippen molar-refractivity contribution in [1.29, 1.82) is 0 Å². The van der Waals surface area contributed by atoms with Gasteiger partial charge in [-0.25, -0.2) is 9.38 Å². The summed E-state index contributed by atoms with van der Waals surface area (Å²) in [5, 5.41) is 3.39. The zero-order chi connectivity index (χ0) is 21.3. The van der Waals surface area contributed by atoms with E-state index in [0.29, 0.717) is 18.2 Å². The van der Waals surface area contributed by atoms with Crippen molar-refractivity contribution >= 4 is 11.6 Å². The number of rotatable bonds is 8. The lowest BCUT2D eigenvalue weighted by atomic mass is 10.1. The van der Waals surface area contributed by atoms with Crippen LogP contribution in [0.4, 0.5) is 10.1 Å². The van der Waals surface area contributed by atoms with E-state index >= 15 is 0 Å². The van der Waals surface area contributed by atoms with Crippen molar-refractivity contribution in [3.8, 4) is 0 Å². The van der Waals surface area contributed by atoms with Crippen molar-refractivity contribution in [2.24, 2.45) is 10.9 Å². The number of ether oxygens (including phenoxy) is 1. The predicted octanol–water partition coefficient (Wildman–Crippen LogP) is 2.79.